The molecule has 2 aromatic carbocycles. The zero-order chi connectivity index (χ0) is 25.2. The van der Waals surface area contributed by atoms with Gasteiger partial charge in [0.15, 0.2) is 0 Å². The molecule has 0 aliphatic heterocycles. The summed E-state index contributed by atoms with van der Waals surface area (Å²) in [6, 6.07) is 8.21. The highest BCUT2D eigenvalue weighted by Crippen LogP contribution is 2.35. The zero-order valence-corrected chi connectivity index (χ0v) is 19.3. The number of nitrogens with one attached hydrogen (secondary N) is 1. The second-order valence-corrected chi connectivity index (χ2v) is 8.45. The van der Waals surface area contributed by atoms with E-state index in [1.165, 1.54) is 12.1 Å². The van der Waals surface area contributed by atoms with Crippen molar-refractivity contribution in [1.82, 2.24) is 9.97 Å². The number of nitriles is 1. The van der Waals surface area contributed by atoms with Crippen LogP contribution in [-0.4, -0.2) is 41.0 Å². The zero-order valence-electron chi connectivity index (χ0n) is 19.3. The Balaban J connectivity index is 1.65. The number of aliphatic hydroxyl groups is 1. The summed E-state index contributed by atoms with van der Waals surface area (Å²) in [5.74, 6) is -3.74. The molecule has 0 saturated heterocycles. The van der Waals surface area contributed by atoms with Crippen LogP contribution in [0, 0.1) is 24.1 Å². The number of hydrogen-bond acceptors (Lipinski definition) is 7. The van der Waals surface area contributed by atoms with Crippen LogP contribution in [0.2, 0.25) is 0 Å². The molecule has 1 atom stereocenters. The van der Waals surface area contributed by atoms with Crippen molar-refractivity contribution in [2.24, 2.45) is 0 Å². The van der Waals surface area contributed by atoms with E-state index in [-0.39, 0.29) is 18.3 Å². The second kappa shape index (κ2) is 10.1. The SMILES string of the molecule is Cc1nc(N[C@H](C)c2cccc(C(F)(F)CO)c2F)c2cc(OCCOC3CC3)c(C#N)cc2n1. The molecule has 7 nitrogen and oxygen atoms in total. The molecule has 10 heteroatoms. The number of nitrogens with zero attached hydrogens (tertiary/aromatic N) is 3. The average molecular weight is 486 g/mol. The molecule has 1 aliphatic rings. The number of aryl methyl sites for hydroxylation is 1. The highest BCUT2D eigenvalue weighted by atomic mass is 19.3. The molecule has 0 radical (unpaired) electrons. The average Bonchev–Trinajstić information content (AvgIpc) is 3.66. The first-order valence-corrected chi connectivity index (χ1v) is 11.2. The van der Waals surface area contributed by atoms with Gasteiger partial charge < -0.3 is 19.9 Å². The van der Waals surface area contributed by atoms with E-state index in [0.29, 0.717) is 40.5 Å². The van der Waals surface area contributed by atoms with E-state index >= 15 is 0 Å². The summed E-state index contributed by atoms with van der Waals surface area (Å²) in [6.45, 7) is 2.44. The highest BCUT2D eigenvalue weighted by molar-refractivity contribution is 5.91. The van der Waals surface area contributed by atoms with Crippen LogP contribution in [-0.2, 0) is 10.7 Å². The minimum atomic E-state index is -3.71. The maximum Gasteiger partial charge on any atom is 0.298 e. The number of alkyl halides is 2. The molecule has 4 rings (SSSR count). The maximum atomic E-state index is 15.0. The van der Waals surface area contributed by atoms with E-state index in [9.17, 15) is 18.4 Å². The molecule has 1 saturated carbocycles. The first-order valence-electron chi connectivity index (χ1n) is 11.2. The van der Waals surface area contributed by atoms with Gasteiger partial charge in [0.25, 0.3) is 5.92 Å². The molecule has 3 aromatic rings. The van der Waals surface area contributed by atoms with Crippen LogP contribution in [0.4, 0.5) is 19.0 Å². The molecule has 184 valence electrons. The molecular formula is C25H25F3N4O3. The molecule has 1 aromatic heterocycles. The highest BCUT2D eigenvalue weighted by Gasteiger charge is 2.35. The first kappa shape index (κ1) is 24.7. The van der Waals surface area contributed by atoms with Crippen molar-refractivity contribution in [2.45, 2.75) is 44.8 Å². The Morgan fingerprint density at radius 2 is 2.03 bits per heavy atom. The third kappa shape index (κ3) is 5.47. The fraction of sp³-hybridized carbons (Fsp3) is 0.400. The lowest BCUT2D eigenvalue weighted by Crippen LogP contribution is -2.22. The molecule has 0 bridgehead atoms. The minimum Gasteiger partial charge on any atom is -0.490 e. The number of anilines is 1. The summed E-state index contributed by atoms with van der Waals surface area (Å²) < 4.78 is 54.3. The van der Waals surface area contributed by atoms with Gasteiger partial charge in [-0.05, 0) is 44.9 Å². The maximum absolute atomic E-state index is 15.0. The van der Waals surface area contributed by atoms with Gasteiger partial charge in [-0.2, -0.15) is 14.0 Å². The van der Waals surface area contributed by atoms with Gasteiger partial charge >= 0.3 is 0 Å². The number of benzene rings is 2. The van der Waals surface area contributed by atoms with Gasteiger partial charge in [-0.3, -0.25) is 0 Å². The lowest BCUT2D eigenvalue weighted by atomic mass is 10.00. The fourth-order valence-electron chi connectivity index (χ4n) is 3.72. The van der Waals surface area contributed by atoms with E-state index in [1.54, 1.807) is 26.0 Å². The molecule has 0 spiro atoms. The summed E-state index contributed by atoms with van der Waals surface area (Å²) in [4.78, 5) is 8.80. The fourth-order valence-corrected chi connectivity index (χ4v) is 3.72. The van der Waals surface area contributed by atoms with Crippen molar-refractivity contribution in [3.63, 3.8) is 0 Å². The Bertz CT molecular complexity index is 1280. The van der Waals surface area contributed by atoms with Gasteiger partial charge in [-0.25, -0.2) is 14.4 Å². The summed E-state index contributed by atoms with van der Waals surface area (Å²) in [7, 11) is 0. The van der Waals surface area contributed by atoms with Gasteiger partial charge in [-0.1, -0.05) is 12.1 Å². The Kier molecular flexibility index (Phi) is 7.10. The van der Waals surface area contributed by atoms with Crippen molar-refractivity contribution >= 4 is 16.7 Å². The smallest absolute Gasteiger partial charge is 0.298 e. The molecule has 2 N–H and O–H groups in total. The van der Waals surface area contributed by atoms with E-state index in [0.717, 1.165) is 18.9 Å². The van der Waals surface area contributed by atoms with Gasteiger partial charge in [0.2, 0.25) is 0 Å². The Hall–Kier alpha value is -3.42. The lowest BCUT2D eigenvalue weighted by molar-refractivity contribution is -0.0583. The van der Waals surface area contributed by atoms with Crippen LogP contribution in [0.25, 0.3) is 10.9 Å². The van der Waals surface area contributed by atoms with Crippen LogP contribution in [0.15, 0.2) is 30.3 Å². The van der Waals surface area contributed by atoms with Crippen LogP contribution in [0.3, 0.4) is 0 Å². The monoisotopic (exact) mass is 486 g/mol. The quantitative estimate of drug-likeness (QED) is 0.399. The molecule has 1 aliphatic carbocycles. The third-order valence-corrected chi connectivity index (χ3v) is 5.69. The summed E-state index contributed by atoms with van der Waals surface area (Å²) in [5.41, 5.74) is -0.114. The number of fused-ring (bicyclic) bond motifs is 1. The molecule has 35 heavy (non-hydrogen) atoms. The normalized spacial score (nSPS) is 14.5. The topological polar surface area (TPSA) is 100 Å². The van der Waals surface area contributed by atoms with E-state index in [2.05, 4.69) is 21.4 Å². The van der Waals surface area contributed by atoms with Gasteiger partial charge in [0, 0.05) is 10.9 Å². The molecule has 1 fully saturated rings. The molecule has 1 heterocycles. The number of aliphatic hydroxyl groups excluding tert-OH is 1. The minimum absolute atomic E-state index is 0.0117. The number of ether oxygens (including phenoxy) is 2. The Morgan fingerprint density at radius 1 is 1.26 bits per heavy atom. The number of halogens is 3. The number of rotatable bonds is 10. The van der Waals surface area contributed by atoms with Crippen molar-refractivity contribution in [1.29, 1.82) is 5.26 Å². The molecule has 0 unspecified atom stereocenters. The molecule has 0 amide bonds. The van der Waals surface area contributed by atoms with Crippen LogP contribution in [0.1, 0.15) is 48.3 Å². The predicted octanol–water partition coefficient (Wildman–Crippen LogP) is 4.76. The summed E-state index contributed by atoms with van der Waals surface area (Å²) in [5, 5.41) is 22.1. The lowest BCUT2D eigenvalue weighted by Gasteiger charge is -2.21. The van der Waals surface area contributed by atoms with Crippen molar-refractivity contribution < 1.29 is 27.8 Å². The van der Waals surface area contributed by atoms with Crippen LogP contribution < -0.4 is 10.1 Å². The van der Waals surface area contributed by atoms with Crippen LogP contribution >= 0.6 is 0 Å². The van der Waals surface area contributed by atoms with Crippen molar-refractivity contribution in [3.05, 3.63) is 58.7 Å². The number of hydrogen-bond donors (Lipinski definition) is 2. The second-order valence-electron chi connectivity index (χ2n) is 8.45. The standard InChI is InChI=1S/C25H25F3N4O3/c1-14(18-4-3-5-20(23(18)26)25(27,28)13-33)30-24-19-11-22(35-9-8-34-17-6-7-17)16(12-29)10-21(19)31-15(2)32-24/h3-5,10-11,14,17,33H,6-9,13H2,1-2H3,(H,30,31,32)/t14-/m1/s1. The third-order valence-electron chi connectivity index (χ3n) is 5.69. The van der Waals surface area contributed by atoms with Crippen molar-refractivity contribution in [2.75, 3.05) is 25.1 Å². The summed E-state index contributed by atoms with van der Waals surface area (Å²) in [6.07, 6.45) is 2.38. The Labute approximate surface area is 200 Å². The van der Waals surface area contributed by atoms with E-state index in [4.69, 9.17) is 14.6 Å². The Morgan fingerprint density at radius 3 is 2.71 bits per heavy atom. The van der Waals surface area contributed by atoms with Gasteiger partial charge in [0.05, 0.1) is 35.4 Å². The summed E-state index contributed by atoms with van der Waals surface area (Å²) >= 11 is 0. The van der Waals surface area contributed by atoms with Crippen molar-refractivity contribution in [3.8, 4) is 11.8 Å². The van der Waals surface area contributed by atoms with Gasteiger partial charge in [-0.15, -0.1) is 0 Å². The van der Waals surface area contributed by atoms with Crippen LogP contribution in [0.5, 0.6) is 5.75 Å². The molecular weight excluding hydrogens is 461 g/mol. The van der Waals surface area contributed by atoms with E-state index < -0.39 is 30.0 Å². The van der Waals surface area contributed by atoms with Gasteiger partial charge in [0.1, 0.15) is 42.5 Å². The van der Waals surface area contributed by atoms with E-state index in [1.807, 2.05) is 0 Å². The first-order chi connectivity index (χ1) is 16.7. The number of aromatic nitrogens is 2. The predicted molar refractivity (Wildman–Crippen MR) is 123 cm³/mol. The largest absolute Gasteiger partial charge is 0.490 e.